The maximum atomic E-state index is 12.2. The van der Waals surface area contributed by atoms with E-state index in [0.717, 1.165) is 29.2 Å². The summed E-state index contributed by atoms with van der Waals surface area (Å²) in [7, 11) is 0. The average molecular weight is 343 g/mol. The predicted molar refractivity (Wildman–Crippen MR) is 97.3 cm³/mol. The number of halogens is 1. The molecule has 0 spiro atoms. The zero-order valence-corrected chi connectivity index (χ0v) is 15.0. The van der Waals surface area contributed by atoms with Gasteiger partial charge < -0.3 is 10.2 Å². The molecule has 1 aliphatic heterocycles. The number of carbonyl (C=O) groups is 1. The Morgan fingerprint density at radius 2 is 1.95 bits per heavy atom. The minimum atomic E-state index is 0. The molecule has 0 radical (unpaired) electrons. The van der Waals surface area contributed by atoms with Crippen LogP contribution in [0.3, 0.4) is 0 Å². The average Bonchev–Trinajstić information content (AvgIpc) is 3.01. The summed E-state index contributed by atoms with van der Waals surface area (Å²) < 4.78 is 0. The van der Waals surface area contributed by atoms with Crippen LogP contribution in [0, 0.1) is 0 Å². The fourth-order valence-corrected chi connectivity index (χ4v) is 3.50. The molecule has 0 saturated carbocycles. The molecule has 0 aliphatic carbocycles. The lowest BCUT2D eigenvalue weighted by atomic mass is 10.2. The van der Waals surface area contributed by atoms with Gasteiger partial charge in [0.1, 0.15) is 0 Å². The highest BCUT2D eigenvalue weighted by atomic mass is 35.5. The van der Waals surface area contributed by atoms with Crippen LogP contribution in [0.15, 0.2) is 29.2 Å². The normalized spacial score (nSPS) is 14.6. The smallest absolute Gasteiger partial charge is 0.252 e. The van der Waals surface area contributed by atoms with Gasteiger partial charge in [-0.1, -0.05) is 19.1 Å². The monoisotopic (exact) mass is 342 g/mol. The van der Waals surface area contributed by atoms with Crippen LogP contribution in [0.5, 0.6) is 0 Å². The molecule has 1 aromatic rings. The first-order chi connectivity index (χ1) is 10.3. The highest BCUT2D eigenvalue weighted by Crippen LogP contribution is 2.22. The van der Waals surface area contributed by atoms with Gasteiger partial charge in [-0.2, -0.15) is 0 Å². The molecule has 0 aromatic heterocycles. The van der Waals surface area contributed by atoms with E-state index >= 15 is 0 Å². The van der Waals surface area contributed by atoms with Crippen molar-refractivity contribution >= 4 is 30.1 Å². The number of benzene rings is 1. The third-order valence-corrected chi connectivity index (χ3v) is 4.77. The molecule has 1 aliphatic rings. The second-order valence-corrected chi connectivity index (χ2v) is 6.75. The largest absolute Gasteiger partial charge is 0.352 e. The van der Waals surface area contributed by atoms with Gasteiger partial charge in [-0.25, -0.2) is 0 Å². The van der Waals surface area contributed by atoms with E-state index < -0.39 is 0 Å². The fraction of sp³-hybridized carbons (Fsp3) is 0.588. The molecule has 1 amide bonds. The van der Waals surface area contributed by atoms with E-state index in [4.69, 9.17) is 0 Å². The molecule has 22 heavy (non-hydrogen) atoms. The maximum absolute atomic E-state index is 12.2. The van der Waals surface area contributed by atoms with Crippen molar-refractivity contribution in [2.75, 3.05) is 31.9 Å². The van der Waals surface area contributed by atoms with Crippen molar-refractivity contribution in [2.45, 2.75) is 37.5 Å². The van der Waals surface area contributed by atoms with Crippen LogP contribution < -0.4 is 5.32 Å². The molecule has 1 aromatic carbocycles. The Morgan fingerprint density at radius 3 is 2.68 bits per heavy atom. The summed E-state index contributed by atoms with van der Waals surface area (Å²) in [6.45, 7) is 6.58. The van der Waals surface area contributed by atoms with Gasteiger partial charge >= 0.3 is 0 Å². The highest BCUT2D eigenvalue weighted by molar-refractivity contribution is 7.99. The van der Waals surface area contributed by atoms with Crippen LogP contribution in [0.2, 0.25) is 0 Å². The lowest BCUT2D eigenvalue weighted by Crippen LogP contribution is -2.26. The number of unbranched alkanes of at least 4 members (excludes halogenated alkanes) is 1. The molecule has 5 heteroatoms. The number of thioether (sulfide) groups is 1. The minimum absolute atomic E-state index is 0. The summed E-state index contributed by atoms with van der Waals surface area (Å²) >= 11 is 1.72. The Bertz CT molecular complexity index is 450. The van der Waals surface area contributed by atoms with Crippen molar-refractivity contribution in [2.24, 2.45) is 0 Å². The Kier molecular flexibility index (Phi) is 9.60. The van der Waals surface area contributed by atoms with E-state index in [1.807, 2.05) is 24.3 Å². The predicted octanol–water partition coefficient (Wildman–Crippen LogP) is 3.83. The molecular weight excluding hydrogens is 316 g/mol. The van der Waals surface area contributed by atoms with Crippen LogP contribution in [0.1, 0.15) is 43.0 Å². The molecule has 0 unspecified atom stereocenters. The molecule has 1 N–H and O–H groups in total. The Labute approximate surface area is 144 Å². The van der Waals surface area contributed by atoms with Crippen molar-refractivity contribution in [3.05, 3.63) is 29.8 Å². The van der Waals surface area contributed by atoms with Crippen molar-refractivity contribution in [1.29, 1.82) is 0 Å². The maximum Gasteiger partial charge on any atom is 0.252 e. The van der Waals surface area contributed by atoms with Crippen molar-refractivity contribution in [3.63, 3.8) is 0 Å². The summed E-state index contributed by atoms with van der Waals surface area (Å²) in [5.74, 6) is 1.05. The zero-order valence-electron chi connectivity index (χ0n) is 13.3. The van der Waals surface area contributed by atoms with Crippen LogP contribution >= 0.6 is 24.2 Å². The van der Waals surface area contributed by atoms with Gasteiger partial charge in [0, 0.05) is 11.4 Å². The van der Waals surface area contributed by atoms with E-state index in [0.29, 0.717) is 0 Å². The first kappa shape index (κ1) is 19.3. The fourth-order valence-electron chi connectivity index (χ4n) is 2.70. The van der Waals surface area contributed by atoms with Crippen molar-refractivity contribution in [1.82, 2.24) is 10.2 Å². The molecular formula is C17H27ClN2OS. The standard InChI is InChI=1S/C17H26N2OS.ClH/c1-2-21-16-10-4-3-9-15(16)17(20)18-11-5-6-12-19-13-7-8-14-19;/h3-4,9-10H,2,5-8,11-14H2,1H3,(H,18,20);1H. The SMILES string of the molecule is CCSc1ccccc1C(=O)NCCCCN1CCCC1.Cl. The highest BCUT2D eigenvalue weighted by Gasteiger charge is 2.11. The second-order valence-electron chi connectivity index (χ2n) is 5.44. The molecule has 2 rings (SSSR count). The zero-order chi connectivity index (χ0) is 14.9. The number of nitrogens with zero attached hydrogens (tertiary/aromatic N) is 1. The lowest BCUT2D eigenvalue weighted by molar-refractivity contribution is 0.0949. The van der Waals surface area contributed by atoms with Crippen LogP contribution in [0.4, 0.5) is 0 Å². The quantitative estimate of drug-likeness (QED) is 0.575. The van der Waals surface area contributed by atoms with Gasteiger partial charge in [-0.15, -0.1) is 24.2 Å². The molecule has 3 nitrogen and oxygen atoms in total. The Hall–Kier alpha value is -0.710. The van der Waals surface area contributed by atoms with Gasteiger partial charge in [-0.05, 0) is 63.2 Å². The molecule has 1 heterocycles. The summed E-state index contributed by atoms with van der Waals surface area (Å²) in [5, 5.41) is 3.05. The summed E-state index contributed by atoms with van der Waals surface area (Å²) in [6.07, 6.45) is 4.93. The molecule has 0 bridgehead atoms. The van der Waals surface area contributed by atoms with Crippen molar-refractivity contribution < 1.29 is 4.79 Å². The van der Waals surface area contributed by atoms with Gasteiger partial charge in [0.15, 0.2) is 0 Å². The molecule has 124 valence electrons. The minimum Gasteiger partial charge on any atom is -0.352 e. The van der Waals surface area contributed by atoms with E-state index in [-0.39, 0.29) is 18.3 Å². The first-order valence-corrected chi connectivity index (χ1v) is 9.02. The third kappa shape index (κ3) is 6.19. The van der Waals surface area contributed by atoms with Gasteiger partial charge in [0.2, 0.25) is 0 Å². The number of hydrogen-bond acceptors (Lipinski definition) is 3. The molecule has 0 atom stereocenters. The number of amides is 1. The number of likely N-dealkylation sites (tertiary alicyclic amines) is 1. The number of carbonyl (C=O) groups excluding carboxylic acids is 1. The summed E-state index contributed by atoms with van der Waals surface area (Å²) in [4.78, 5) is 15.8. The van der Waals surface area contributed by atoms with E-state index in [9.17, 15) is 4.79 Å². The van der Waals surface area contributed by atoms with E-state index in [1.165, 1.54) is 38.9 Å². The Balaban J connectivity index is 0.00000242. The first-order valence-electron chi connectivity index (χ1n) is 8.03. The van der Waals surface area contributed by atoms with E-state index in [1.54, 1.807) is 11.8 Å². The van der Waals surface area contributed by atoms with Gasteiger partial charge in [0.05, 0.1) is 5.56 Å². The number of nitrogens with one attached hydrogen (secondary N) is 1. The topological polar surface area (TPSA) is 32.3 Å². The Morgan fingerprint density at radius 1 is 1.23 bits per heavy atom. The van der Waals surface area contributed by atoms with Gasteiger partial charge in [-0.3, -0.25) is 4.79 Å². The van der Waals surface area contributed by atoms with Crippen molar-refractivity contribution in [3.8, 4) is 0 Å². The number of hydrogen-bond donors (Lipinski definition) is 1. The third-order valence-electron chi connectivity index (χ3n) is 3.82. The number of rotatable bonds is 8. The lowest BCUT2D eigenvalue weighted by Gasteiger charge is -2.14. The van der Waals surface area contributed by atoms with Crippen LogP contribution in [0.25, 0.3) is 0 Å². The summed E-state index contributed by atoms with van der Waals surface area (Å²) in [6, 6.07) is 7.86. The molecule has 1 saturated heterocycles. The van der Waals surface area contributed by atoms with E-state index in [2.05, 4.69) is 17.1 Å². The van der Waals surface area contributed by atoms with Crippen LogP contribution in [-0.4, -0.2) is 42.7 Å². The van der Waals surface area contributed by atoms with Crippen LogP contribution in [-0.2, 0) is 0 Å². The summed E-state index contributed by atoms with van der Waals surface area (Å²) in [5.41, 5.74) is 0.809. The molecule has 1 fully saturated rings. The van der Waals surface area contributed by atoms with Gasteiger partial charge in [0.25, 0.3) is 5.91 Å². The second kappa shape index (κ2) is 10.9.